The minimum Gasteiger partial charge on any atom is -0.457 e. The fraction of sp³-hybridized carbons (Fsp3) is 0.344. The summed E-state index contributed by atoms with van der Waals surface area (Å²) in [6.45, 7) is 14.2. The molecule has 0 radical (unpaired) electrons. The van der Waals surface area contributed by atoms with Gasteiger partial charge in [-0.05, 0) is 67.0 Å². The first kappa shape index (κ1) is 30.2. The number of carbonyl (C=O) groups is 1. The Morgan fingerprint density at radius 3 is 2.33 bits per heavy atom. The van der Waals surface area contributed by atoms with Crippen LogP contribution < -0.4 is 16.2 Å². The summed E-state index contributed by atoms with van der Waals surface area (Å²) in [5, 5.41) is -0.0815. The molecule has 1 saturated heterocycles. The molecule has 1 fully saturated rings. The second-order valence-corrected chi connectivity index (χ2v) is 17.2. The number of amides is 1. The second-order valence-electron chi connectivity index (χ2n) is 12.5. The minimum atomic E-state index is -2.26. The number of benzene rings is 2. The highest BCUT2D eigenvalue weighted by atomic mass is 28.4. The van der Waals surface area contributed by atoms with Crippen LogP contribution in [0.25, 0.3) is 16.7 Å². The zero-order chi connectivity index (χ0) is 31.1. The molecule has 4 aromatic rings. The fourth-order valence-corrected chi connectivity index (χ4v) is 6.66. The third-order valence-electron chi connectivity index (χ3n) is 8.43. The Morgan fingerprint density at radius 2 is 1.70 bits per heavy atom. The molecule has 1 aliphatic heterocycles. The lowest BCUT2D eigenvalue weighted by atomic mass is 10.0. The van der Waals surface area contributed by atoms with Crippen LogP contribution in [0.1, 0.15) is 33.2 Å². The second kappa shape index (κ2) is 11.5. The van der Waals surface area contributed by atoms with E-state index in [0.717, 1.165) is 0 Å². The molecule has 3 heterocycles. The molecule has 2 atom stereocenters. The summed E-state index contributed by atoms with van der Waals surface area (Å²) < 4.78 is 29.9. The molecule has 5 rings (SSSR count). The van der Waals surface area contributed by atoms with Gasteiger partial charge in [0.15, 0.2) is 14.1 Å². The van der Waals surface area contributed by atoms with Crippen molar-refractivity contribution in [1.29, 1.82) is 0 Å². The molecule has 0 unspecified atom stereocenters. The summed E-state index contributed by atoms with van der Waals surface area (Å²) in [6, 6.07) is 17.7. The van der Waals surface area contributed by atoms with E-state index in [1.807, 2.05) is 30.3 Å². The largest absolute Gasteiger partial charge is 0.457 e. The molecule has 11 heteroatoms. The number of nitrogens with zero attached hydrogens (tertiary/aromatic N) is 4. The topological polar surface area (TPSA) is 105 Å². The van der Waals surface area contributed by atoms with Gasteiger partial charge in [-0.25, -0.2) is 14.2 Å². The average Bonchev–Trinajstić information content (AvgIpc) is 3.25. The van der Waals surface area contributed by atoms with E-state index in [-0.39, 0.29) is 29.6 Å². The molecular weight excluding hydrogens is 565 g/mol. The number of carbonyl (C=O) groups excluding carboxylic acids is 1. The number of halogens is 1. The molecule has 2 N–H and O–H groups in total. The Hall–Kier alpha value is -4.22. The van der Waals surface area contributed by atoms with Crippen molar-refractivity contribution in [3.8, 4) is 17.2 Å². The van der Waals surface area contributed by atoms with Gasteiger partial charge < -0.3 is 19.8 Å². The lowest BCUT2D eigenvalue weighted by Gasteiger charge is -2.44. The van der Waals surface area contributed by atoms with Crippen LogP contribution in [0.5, 0.6) is 11.5 Å². The zero-order valence-electron chi connectivity index (χ0n) is 25.2. The molecule has 226 valence electrons. The number of piperidine rings is 1. The lowest BCUT2D eigenvalue weighted by Crippen LogP contribution is -2.53. The van der Waals surface area contributed by atoms with Crippen LogP contribution in [0.4, 0.5) is 10.2 Å². The maximum Gasteiger partial charge on any atom is 0.334 e. The van der Waals surface area contributed by atoms with Crippen LogP contribution in [-0.2, 0) is 9.22 Å². The Labute approximate surface area is 251 Å². The van der Waals surface area contributed by atoms with Crippen molar-refractivity contribution in [3.05, 3.63) is 89.8 Å². The van der Waals surface area contributed by atoms with E-state index in [2.05, 4.69) is 45.4 Å². The van der Waals surface area contributed by atoms with Gasteiger partial charge in [-0.1, -0.05) is 45.5 Å². The number of nitrogen functional groups attached to an aromatic ring is 1. The van der Waals surface area contributed by atoms with Gasteiger partial charge in [-0.3, -0.25) is 13.9 Å². The van der Waals surface area contributed by atoms with Gasteiger partial charge in [0.1, 0.15) is 22.8 Å². The number of fused-ring (bicyclic) bond motifs is 1. The zero-order valence-corrected chi connectivity index (χ0v) is 26.2. The van der Waals surface area contributed by atoms with Crippen LogP contribution in [0, 0.1) is 0 Å². The van der Waals surface area contributed by atoms with Gasteiger partial charge >= 0.3 is 5.69 Å². The summed E-state index contributed by atoms with van der Waals surface area (Å²) in [5.41, 5.74) is 7.59. The Balaban J connectivity index is 1.57. The highest BCUT2D eigenvalue weighted by Crippen LogP contribution is 2.39. The first-order valence-electron chi connectivity index (χ1n) is 14.3. The highest BCUT2D eigenvalue weighted by Gasteiger charge is 2.42. The van der Waals surface area contributed by atoms with E-state index in [4.69, 9.17) is 14.9 Å². The van der Waals surface area contributed by atoms with Gasteiger partial charge in [0.2, 0.25) is 0 Å². The molecule has 1 aliphatic rings. The van der Waals surface area contributed by atoms with E-state index in [1.54, 1.807) is 41.1 Å². The van der Waals surface area contributed by atoms with E-state index in [0.29, 0.717) is 34.6 Å². The molecular formula is C32H38FN5O4Si. The van der Waals surface area contributed by atoms with Gasteiger partial charge in [-0.15, -0.1) is 0 Å². The molecule has 0 saturated carbocycles. The van der Waals surface area contributed by atoms with Gasteiger partial charge in [-0.2, -0.15) is 0 Å². The SMILES string of the molecule is C=C(F)C(=O)N1C[C@H](O[Si](C)(C)C(C)(C)C)C[C@H](n2c(=O)n(-c3ccc(Oc4ccccc4)cc3)c3c(N)nccc32)C1. The van der Waals surface area contributed by atoms with Crippen molar-refractivity contribution in [2.24, 2.45) is 0 Å². The number of nitrogens with two attached hydrogens (primary N) is 1. The van der Waals surface area contributed by atoms with Gasteiger partial charge in [0.25, 0.3) is 5.91 Å². The first-order chi connectivity index (χ1) is 20.3. The molecule has 0 aliphatic carbocycles. The normalized spacial score (nSPS) is 17.7. The molecule has 2 aromatic heterocycles. The van der Waals surface area contributed by atoms with E-state index >= 15 is 0 Å². The number of likely N-dealkylation sites (tertiary alicyclic amines) is 1. The number of hydrogen-bond acceptors (Lipinski definition) is 6. The highest BCUT2D eigenvalue weighted by molar-refractivity contribution is 6.74. The number of ether oxygens (including phenoxy) is 1. The van der Waals surface area contributed by atoms with Crippen molar-refractivity contribution in [2.75, 3.05) is 18.8 Å². The molecule has 9 nitrogen and oxygen atoms in total. The van der Waals surface area contributed by atoms with Crippen LogP contribution in [0.2, 0.25) is 18.1 Å². The Morgan fingerprint density at radius 1 is 1.05 bits per heavy atom. The predicted molar refractivity (Wildman–Crippen MR) is 169 cm³/mol. The number of aromatic nitrogens is 3. The average molecular weight is 604 g/mol. The Bertz CT molecular complexity index is 1710. The number of anilines is 1. The van der Waals surface area contributed by atoms with Crippen LogP contribution in [0.3, 0.4) is 0 Å². The molecule has 0 spiro atoms. The van der Waals surface area contributed by atoms with Crippen molar-refractivity contribution in [1.82, 2.24) is 19.0 Å². The van der Waals surface area contributed by atoms with Crippen LogP contribution in [0.15, 0.2) is 84.1 Å². The number of hydrogen-bond donors (Lipinski definition) is 1. The summed E-state index contributed by atoms with van der Waals surface area (Å²) in [6.07, 6.45) is 1.61. The standard InChI is InChI=1S/C32H38FN5O4Si/c1-21(33)30(39)36-19-23(18-26(20-36)42-43(5,6)32(2,3)4)37-27-16-17-35-29(34)28(27)38(31(37)40)22-12-14-25(15-13-22)41-24-10-8-7-9-11-24/h7-17,23,26H,1,18-20H2,2-6H3,(H2,34,35)/t23-,26+/m0/s1. The van der Waals surface area contributed by atoms with Crippen LogP contribution in [-0.4, -0.2) is 52.4 Å². The van der Waals surface area contributed by atoms with E-state index in [1.165, 1.54) is 9.47 Å². The predicted octanol–water partition coefficient (Wildman–Crippen LogP) is 6.21. The number of pyridine rings is 1. The number of imidazole rings is 1. The summed E-state index contributed by atoms with van der Waals surface area (Å²) >= 11 is 0. The molecule has 43 heavy (non-hydrogen) atoms. The third kappa shape index (κ3) is 6.00. The Kier molecular flexibility index (Phi) is 8.06. The summed E-state index contributed by atoms with van der Waals surface area (Å²) in [4.78, 5) is 32.8. The molecule has 1 amide bonds. The van der Waals surface area contributed by atoms with Crippen molar-refractivity contribution in [2.45, 2.75) is 57.5 Å². The van der Waals surface area contributed by atoms with Crippen LogP contribution >= 0.6 is 0 Å². The number of rotatable bonds is 7. The van der Waals surface area contributed by atoms with E-state index in [9.17, 15) is 14.0 Å². The monoisotopic (exact) mass is 603 g/mol. The molecule has 0 bridgehead atoms. The quantitative estimate of drug-likeness (QED) is 0.199. The minimum absolute atomic E-state index is 0.0815. The van der Waals surface area contributed by atoms with Gasteiger partial charge in [0.05, 0.1) is 23.3 Å². The van der Waals surface area contributed by atoms with Crippen molar-refractivity contribution >= 4 is 31.1 Å². The van der Waals surface area contributed by atoms with Gasteiger partial charge in [0, 0.05) is 19.3 Å². The fourth-order valence-electron chi connectivity index (χ4n) is 5.30. The maximum absolute atomic E-state index is 14.3. The van der Waals surface area contributed by atoms with E-state index < -0.39 is 32.2 Å². The summed E-state index contributed by atoms with van der Waals surface area (Å²) in [5.74, 6) is -0.364. The molecule has 2 aromatic carbocycles. The first-order valence-corrected chi connectivity index (χ1v) is 17.2. The van der Waals surface area contributed by atoms with Crippen molar-refractivity contribution < 1.29 is 18.3 Å². The maximum atomic E-state index is 14.3. The number of para-hydroxylation sites is 1. The summed E-state index contributed by atoms with van der Waals surface area (Å²) in [7, 11) is -2.26. The third-order valence-corrected chi connectivity index (χ3v) is 13.0. The smallest absolute Gasteiger partial charge is 0.334 e. The van der Waals surface area contributed by atoms with Crippen molar-refractivity contribution in [3.63, 3.8) is 0 Å². The lowest BCUT2D eigenvalue weighted by molar-refractivity contribution is -0.132.